The zero-order chi connectivity index (χ0) is 14.5. The number of anilines is 1. The van der Waals surface area contributed by atoms with E-state index in [4.69, 9.17) is 5.11 Å². The summed E-state index contributed by atoms with van der Waals surface area (Å²) >= 11 is 0. The first-order chi connectivity index (χ1) is 9.58. The van der Waals surface area contributed by atoms with Gasteiger partial charge in [0.05, 0.1) is 0 Å². The summed E-state index contributed by atoms with van der Waals surface area (Å²) in [6.07, 6.45) is 6.37. The van der Waals surface area contributed by atoms with Crippen LogP contribution in [-0.4, -0.2) is 27.6 Å². The second-order valence-corrected chi connectivity index (χ2v) is 5.70. The third-order valence-electron chi connectivity index (χ3n) is 4.17. The summed E-state index contributed by atoms with van der Waals surface area (Å²) < 4.78 is 0. The van der Waals surface area contributed by atoms with Crippen LogP contribution in [0.1, 0.15) is 55.2 Å². The number of hydrogen-bond donors (Lipinski definition) is 2. The van der Waals surface area contributed by atoms with E-state index in [0.717, 1.165) is 12.5 Å². The predicted molar refractivity (Wildman–Crippen MR) is 78.0 cm³/mol. The fraction of sp³-hybridized carbons (Fsp3) is 0.667. The molecule has 1 saturated carbocycles. The minimum absolute atomic E-state index is 0.0506. The number of carboxylic acid groups (broad SMARTS) is 1. The number of aromatic carboxylic acids is 1. The monoisotopic (exact) mass is 277 g/mol. The average molecular weight is 277 g/mol. The molecule has 1 heterocycles. The fourth-order valence-corrected chi connectivity index (χ4v) is 2.84. The molecule has 110 valence electrons. The Hall–Kier alpha value is -1.65. The minimum Gasteiger partial charge on any atom is -0.477 e. The molecule has 0 saturated heterocycles. The molecule has 1 aromatic rings. The lowest BCUT2D eigenvalue weighted by molar-refractivity contribution is 0.0690. The van der Waals surface area contributed by atoms with Gasteiger partial charge in [-0.3, -0.25) is 0 Å². The summed E-state index contributed by atoms with van der Waals surface area (Å²) in [6.45, 7) is 4.88. The van der Waals surface area contributed by atoms with E-state index in [1.54, 1.807) is 6.92 Å². The lowest BCUT2D eigenvalue weighted by atomic mass is 9.81. The molecule has 5 heteroatoms. The van der Waals surface area contributed by atoms with Crippen molar-refractivity contribution in [3.8, 4) is 0 Å². The van der Waals surface area contributed by atoms with Crippen LogP contribution in [0.2, 0.25) is 0 Å². The summed E-state index contributed by atoms with van der Waals surface area (Å²) in [6, 6.07) is 1.49. The van der Waals surface area contributed by atoms with Crippen molar-refractivity contribution in [2.75, 3.05) is 11.9 Å². The van der Waals surface area contributed by atoms with Crippen molar-refractivity contribution in [3.05, 3.63) is 17.5 Å². The van der Waals surface area contributed by atoms with E-state index in [-0.39, 0.29) is 5.69 Å². The SMILES string of the molecule is CCC1CCC(CNc2nc(C)cc(C(=O)O)n2)CC1. The van der Waals surface area contributed by atoms with Gasteiger partial charge in [0.1, 0.15) is 0 Å². The van der Waals surface area contributed by atoms with E-state index in [0.29, 0.717) is 17.6 Å². The van der Waals surface area contributed by atoms with Gasteiger partial charge in [0, 0.05) is 12.2 Å². The van der Waals surface area contributed by atoms with E-state index in [2.05, 4.69) is 22.2 Å². The Balaban J connectivity index is 1.89. The van der Waals surface area contributed by atoms with Crippen LogP contribution in [0, 0.1) is 18.8 Å². The molecule has 1 aromatic heterocycles. The fourth-order valence-electron chi connectivity index (χ4n) is 2.84. The predicted octanol–water partition coefficient (Wildman–Crippen LogP) is 3.11. The van der Waals surface area contributed by atoms with Crippen LogP contribution >= 0.6 is 0 Å². The number of hydrogen-bond acceptors (Lipinski definition) is 4. The highest BCUT2D eigenvalue weighted by atomic mass is 16.4. The van der Waals surface area contributed by atoms with Crippen molar-refractivity contribution in [2.45, 2.75) is 46.0 Å². The molecule has 0 bridgehead atoms. The molecule has 2 rings (SSSR count). The van der Waals surface area contributed by atoms with Crippen molar-refractivity contribution in [1.82, 2.24) is 9.97 Å². The lowest BCUT2D eigenvalue weighted by Crippen LogP contribution is -2.22. The summed E-state index contributed by atoms with van der Waals surface area (Å²) in [7, 11) is 0. The highest BCUT2D eigenvalue weighted by Gasteiger charge is 2.20. The maximum atomic E-state index is 11.0. The summed E-state index contributed by atoms with van der Waals surface area (Å²) in [5, 5.41) is 12.2. The Bertz CT molecular complexity index is 468. The zero-order valence-electron chi connectivity index (χ0n) is 12.2. The van der Waals surface area contributed by atoms with Crippen LogP contribution in [0.4, 0.5) is 5.95 Å². The van der Waals surface area contributed by atoms with E-state index in [9.17, 15) is 4.79 Å². The van der Waals surface area contributed by atoms with E-state index in [1.807, 2.05) is 0 Å². The second kappa shape index (κ2) is 6.68. The number of aryl methyl sites for hydroxylation is 1. The third-order valence-corrected chi connectivity index (χ3v) is 4.17. The van der Waals surface area contributed by atoms with E-state index >= 15 is 0 Å². The Labute approximate surface area is 119 Å². The van der Waals surface area contributed by atoms with Crippen molar-refractivity contribution >= 4 is 11.9 Å². The van der Waals surface area contributed by atoms with Gasteiger partial charge in [0.15, 0.2) is 5.69 Å². The average Bonchev–Trinajstić information content (AvgIpc) is 2.45. The topological polar surface area (TPSA) is 75.1 Å². The Morgan fingerprint density at radius 1 is 1.30 bits per heavy atom. The van der Waals surface area contributed by atoms with Crippen LogP contribution in [0.25, 0.3) is 0 Å². The van der Waals surface area contributed by atoms with Crippen molar-refractivity contribution in [1.29, 1.82) is 0 Å². The van der Waals surface area contributed by atoms with Crippen LogP contribution in [0.3, 0.4) is 0 Å². The first kappa shape index (κ1) is 14.8. The van der Waals surface area contributed by atoms with Crippen molar-refractivity contribution in [3.63, 3.8) is 0 Å². The maximum Gasteiger partial charge on any atom is 0.354 e. The largest absolute Gasteiger partial charge is 0.477 e. The van der Waals surface area contributed by atoms with E-state index < -0.39 is 5.97 Å². The number of carbonyl (C=O) groups is 1. The van der Waals surface area contributed by atoms with Gasteiger partial charge in [-0.25, -0.2) is 14.8 Å². The first-order valence-electron chi connectivity index (χ1n) is 7.41. The van der Waals surface area contributed by atoms with E-state index in [1.165, 1.54) is 38.2 Å². The molecule has 0 amide bonds. The Morgan fingerprint density at radius 2 is 1.95 bits per heavy atom. The maximum absolute atomic E-state index is 11.0. The number of carboxylic acids is 1. The summed E-state index contributed by atoms with van der Waals surface area (Å²) in [5.74, 6) is 0.956. The van der Waals surface area contributed by atoms with Gasteiger partial charge in [0.25, 0.3) is 0 Å². The molecule has 0 aromatic carbocycles. The van der Waals surface area contributed by atoms with Crippen LogP contribution in [0.15, 0.2) is 6.07 Å². The molecule has 0 radical (unpaired) electrons. The molecule has 1 fully saturated rings. The van der Waals surface area contributed by atoms with Crippen LogP contribution < -0.4 is 5.32 Å². The van der Waals surface area contributed by atoms with Gasteiger partial charge in [-0.15, -0.1) is 0 Å². The second-order valence-electron chi connectivity index (χ2n) is 5.70. The molecule has 2 N–H and O–H groups in total. The van der Waals surface area contributed by atoms with Gasteiger partial charge in [-0.05, 0) is 37.7 Å². The Kier molecular flexibility index (Phi) is 4.93. The lowest BCUT2D eigenvalue weighted by Gasteiger charge is -2.27. The Morgan fingerprint density at radius 3 is 2.55 bits per heavy atom. The van der Waals surface area contributed by atoms with Crippen molar-refractivity contribution < 1.29 is 9.90 Å². The highest BCUT2D eigenvalue weighted by molar-refractivity contribution is 5.85. The van der Waals surface area contributed by atoms with Gasteiger partial charge in [0.2, 0.25) is 5.95 Å². The normalized spacial score (nSPS) is 22.5. The number of nitrogens with one attached hydrogen (secondary N) is 1. The zero-order valence-corrected chi connectivity index (χ0v) is 12.2. The summed E-state index contributed by atoms with van der Waals surface area (Å²) in [5.41, 5.74) is 0.726. The molecular formula is C15H23N3O2. The quantitative estimate of drug-likeness (QED) is 0.865. The highest BCUT2D eigenvalue weighted by Crippen LogP contribution is 2.30. The number of aromatic nitrogens is 2. The van der Waals surface area contributed by atoms with Gasteiger partial charge in [-0.1, -0.05) is 26.2 Å². The molecule has 0 unspecified atom stereocenters. The van der Waals surface area contributed by atoms with Crippen LogP contribution in [-0.2, 0) is 0 Å². The van der Waals surface area contributed by atoms with Crippen molar-refractivity contribution in [2.24, 2.45) is 11.8 Å². The molecule has 0 aliphatic heterocycles. The molecule has 0 atom stereocenters. The first-order valence-corrected chi connectivity index (χ1v) is 7.41. The molecule has 0 spiro atoms. The summed E-state index contributed by atoms with van der Waals surface area (Å²) in [4.78, 5) is 19.2. The number of rotatable bonds is 5. The van der Waals surface area contributed by atoms with Gasteiger partial charge in [-0.2, -0.15) is 0 Å². The molecular weight excluding hydrogens is 254 g/mol. The van der Waals surface area contributed by atoms with Crippen LogP contribution in [0.5, 0.6) is 0 Å². The smallest absolute Gasteiger partial charge is 0.354 e. The van der Waals surface area contributed by atoms with Gasteiger partial charge < -0.3 is 10.4 Å². The molecule has 1 aliphatic rings. The van der Waals surface area contributed by atoms with Gasteiger partial charge >= 0.3 is 5.97 Å². The molecule has 20 heavy (non-hydrogen) atoms. The number of nitrogens with zero attached hydrogens (tertiary/aromatic N) is 2. The molecule has 1 aliphatic carbocycles. The standard InChI is InChI=1S/C15H23N3O2/c1-3-11-4-6-12(7-5-11)9-16-15-17-10(2)8-13(18-15)14(19)20/h8,11-12H,3-7,9H2,1-2H3,(H,19,20)(H,16,17,18). The minimum atomic E-state index is -1.01. The third kappa shape index (κ3) is 3.92. The molecule has 5 nitrogen and oxygen atoms in total.